The molecule has 4 aromatic rings. The number of aliphatic hydroxyl groups is 6. The fourth-order valence-corrected chi connectivity index (χ4v) is 12.7. The topological polar surface area (TPSA) is 271 Å². The standard InChI is InChI=1S/C28H29NO7.C27H26NO7.CH4.W/c1-11-6-12(2)16-9-14-8-15-10-18-22(29(4)5)25(33)19(13(3)30)26(34)28(18,36)27(35)21(15)24(32)20(14)23(31)17(16)7-11;1-11-5-6-13-8-14-9-15-10-17-21(28(3)4)24(32)18(12(2)29)25(33)27(17,35)26(34)20(15)23(31)19(14)22(30)16(13)7-11;;/h6-7,9,15,18,22,31-32,34,36H,8,10H2,1-5H3;6-8,15,17,21,30-31,33,35H,9-10H2,1-4H3;1H4;/q;-1;;/t15-,18-,22-,28+;15-,17-,21-,27+;;/m00../s1. The first-order chi connectivity index (χ1) is 33.2. The quantitative estimate of drug-likeness (QED) is 0.0886. The predicted octanol–water partition coefficient (Wildman–Crippen LogP) is 5.80. The number of carbonyl (C=O) groups excluding carboxylic acids is 6. The van der Waals surface area contributed by atoms with Crippen molar-refractivity contribution in [2.75, 3.05) is 28.2 Å². The van der Waals surface area contributed by atoms with E-state index in [1.807, 2.05) is 39.0 Å². The van der Waals surface area contributed by atoms with Crippen molar-refractivity contribution in [2.45, 2.75) is 91.0 Å². The van der Waals surface area contributed by atoms with Crippen LogP contribution in [0.25, 0.3) is 33.1 Å². The number of carbonyl (C=O) groups is 6. The van der Waals surface area contributed by atoms with E-state index in [2.05, 4.69) is 6.07 Å². The van der Waals surface area contributed by atoms with Gasteiger partial charge in [-0.3, -0.25) is 38.6 Å². The maximum atomic E-state index is 13.9. The number of benzene rings is 4. The summed E-state index contributed by atoms with van der Waals surface area (Å²) in [5.74, 6) is -11.1. The van der Waals surface area contributed by atoms with Crippen molar-refractivity contribution in [1.29, 1.82) is 0 Å². The molecule has 0 unspecified atom stereocenters. The number of hydrogen-bond donors (Lipinski definition) is 8. The smallest absolute Gasteiger partial charge is 0.202 e. The van der Waals surface area contributed by atoms with Gasteiger partial charge in [-0.05, 0) is 128 Å². The van der Waals surface area contributed by atoms with Gasteiger partial charge in [-0.15, -0.1) is 11.5 Å². The van der Waals surface area contributed by atoms with Crippen molar-refractivity contribution in [2.24, 2.45) is 23.7 Å². The molecule has 10 rings (SSSR count). The maximum Gasteiger partial charge on any atom is 0.202 e. The summed E-state index contributed by atoms with van der Waals surface area (Å²) in [5.41, 5.74) is -2.35. The average Bonchev–Trinajstić information content (AvgIpc) is 3.26. The minimum atomic E-state index is -2.56. The van der Waals surface area contributed by atoms with E-state index in [0.717, 1.165) is 41.3 Å². The number of hydrogen-bond acceptors (Lipinski definition) is 16. The predicted molar refractivity (Wildman–Crippen MR) is 266 cm³/mol. The molecule has 6 aliphatic rings. The Morgan fingerprint density at radius 3 is 1.47 bits per heavy atom. The molecule has 16 nitrogen and oxygen atoms in total. The maximum absolute atomic E-state index is 13.9. The SMILES string of the molecule is C.CC(=O)C1=C(O)[C@@]2(O)C(=O)C3=C(O)c4c(cc5c(C)cc(C)cc5c4O)C[C@H]3C[C@H]2[C@H](N(C)C)C1=O.CC(=O)C1=C(O)[C@@]2(O)C(=O)C3=C(O)c4c(cc5c[c-]c(C)cc5c4O)C[C@H]3C[C@H]2[C@H](N(C)C)C1=O.[W]. The van der Waals surface area contributed by atoms with E-state index in [9.17, 15) is 69.6 Å². The van der Waals surface area contributed by atoms with Crippen LogP contribution in [0.3, 0.4) is 0 Å². The molecule has 0 bridgehead atoms. The number of nitrogens with zero attached hydrogens (tertiary/aromatic N) is 2. The van der Waals surface area contributed by atoms with Crippen LogP contribution in [-0.4, -0.2) is 137 Å². The minimum absolute atomic E-state index is 0. The second kappa shape index (κ2) is 18.6. The molecule has 2 fully saturated rings. The summed E-state index contributed by atoms with van der Waals surface area (Å²) in [6, 6.07) is 12.1. The Balaban J connectivity index is 0.000000208. The van der Waals surface area contributed by atoms with Gasteiger partial charge in [-0.2, -0.15) is 23.8 Å². The molecular weight excluding hydrogens is 1110 g/mol. The normalized spacial score (nSPS) is 27.4. The molecule has 2 saturated carbocycles. The number of aliphatic hydroxyl groups excluding tert-OH is 4. The van der Waals surface area contributed by atoms with Gasteiger partial charge in [0.25, 0.3) is 0 Å². The van der Waals surface area contributed by atoms with Crippen LogP contribution in [0.2, 0.25) is 0 Å². The van der Waals surface area contributed by atoms with Gasteiger partial charge >= 0.3 is 0 Å². The van der Waals surface area contributed by atoms with Gasteiger partial charge in [-0.1, -0.05) is 31.4 Å². The first-order valence-electron chi connectivity index (χ1n) is 23.3. The van der Waals surface area contributed by atoms with Crippen LogP contribution in [-0.2, 0) is 62.7 Å². The zero-order chi connectivity index (χ0) is 52.0. The number of phenolic OH excluding ortho intramolecular Hbond substituents is 2. The van der Waals surface area contributed by atoms with E-state index in [0.29, 0.717) is 28.3 Å². The number of ketones is 6. The Hall–Kier alpha value is -6.29. The number of aryl methyl sites for hydroxylation is 3. The van der Waals surface area contributed by atoms with Crippen LogP contribution in [0.5, 0.6) is 11.5 Å². The van der Waals surface area contributed by atoms with E-state index in [4.69, 9.17) is 0 Å². The molecule has 73 heavy (non-hydrogen) atoms. The van der Waals surface area contributed by atoms with Gasteiger partial charge in [0.2, 0.25) is 11.6 Å². The summed E-state index contributed by atoms with van der Waals surface area (Å²) in [7, 11) is 6.44. The van der Waals surface area contributed by atoms with Crippen LogP contribution >= 0.6 is 0 Å². The zero-order valence-corrected chi connectivity index (χ0v) is 44.0. The Morgan fingerprint density at radius 2 is 1.04 bits per heavy atom. The molecule has 0 aliphatic heterocycles. The first-order valence-corrected chi connectivity index (χ1v) is 23.3. The van der Waals surface area contributed by atoms with Gasteiger partial charge in [-0.25, -0.2) is 0 Å². The Labute approximate surface area is 435 Å². The van der Waals surface area contributed by atoms with Crippen molar-refractivity contribution in [1.82, 2.24) is 9.80 Å². The van der Waals surface area contributed by atoms with Crippen molar-refractivity contribution in [3.8, 4) is 11.5 Å². The summed E-state index contributed by atoms with van der Waals surface area (Å²) in [4.78, 5) is 81.7. The Kier molecular flexibility index (Phi) is 13.9. The monoisotopic (exact) mass is 1170 g/mol. The van der Waals surface area contributed by atoms with Gasteiger partial charge in [0.1, 0.15) is 45.7 Å². The van der Waals surface area contributed by atoms with Crippen LogP contribution < -0.4 is 0 Å². The van der Waals surface area contributed by atoms with Gasteiger partial charge in [0, 0.05) is 49.4 Å². The molecule has 0 aromatic heterocycles. The average molecular weight is 1170 g/mol. The van der Waals surface area contributed by atoms with Crippen LogP contribution in [0.15, 0.2) is 70.2 Å². The molecule has 0 heterocycles. The largest absolute Gasteiger partial charge is 0.509 e. The van der Waals surface area contributed by atoms with Crippen molar-refractivity contribution < 1.29 is 90.7 Å². The molecule has 6 aliphatic carbocycles. The van der Waals surface area contributed by atoms with Crippen LogP contribution in [0.1, 0.15) is 73.1 Å². The minimum Gasteiger partial charge on any atom is -0.509 e. The second-order valence-corrected chi connectivity index (χ2v) is 20.6. The van der Waals surface area contributed by atoms with Gasteiger partial charge in [0.05, 0.1) is 23.2 Å². The third-order valence-corrected chi connectivity index (χ3v) is 15.8. The molecule has 0 amide bonds. The number of Topliss-reactive ketones (excluding diaryl/α,β-unsaturated/α-hetero) is 6. The van der Waals surface area contributed by atoms with E-state index in [-0.39, 0.29) is 81.5 Å². The van der Waals surface area contributed by atoms with Crippen molar-refractivity contribution >= 4 is 67.8 Å². The summed E-state index contributed by atoms with van der Waals surface area (Å²) < 4.78 is 0. The fraction of sp³-hybridized carbons (Fsp3) is 0.393. The Bertz CT molecular complexity index is 3330. The van der Waals surface area contributed by atoms with Crippen LogP contribution in [0.4, 0.5) is 0 Å². The number of rotatable bonds is 4. The van der Waals surface area contributed by atoms with E-state index in [1.54, 1.807) is 46.4 Å². The fourth-order valence-electron chi connectivity index (χ4n) is 12.7. The first kappa shape index (κ1) is 54.5. The van der Waals surface area contributed by atoms with Gasteiger partial charge in [0.15, 0.2) is 34.3 Å². The number of fused-ring (bicyclic) bond motifs is 8. The summed E-state index contributed by atoms with van der Waals surface area (Å²) in [6.45, 7) is 7.84. The van der Waals surface area contributed by atoms with Crippen molar-refractivity contribution in [3.63, 3.8) is 0 Å². The van der Waals surface area contributed by atoms with E-state index < -0.39 is 116 Å². The molecule has 0 saturated heterocycles. The third-order valence-electron chi connectivity index (χ3n) is 15.8. The van der Waals surface area contributed by atoms with Gasteiger partial charge < -0.3 is 40.9 Å². The van der Waals surface area contributed by atoms with E-state index in [1.165, 1.54) is 9.80 Å². The number of likely N-dealkylation sites (N-methyl/N-ethyl adjacent to an activating group) is 2. The summed E-state index contributed by atoms with van der Waals surface area (Å²) >= 11 is 0. The summed E-state index contributed by atoms with van der Waals surface area (Å²) in [6.07, 6.45) is 0.783. The molecule has 0 radical (unpaired) electrons. The Morgan fingerprint density at radius 1 is 0.616 bits per heavy atom. The van der Waals surface area contributed by atoms with Crippen LogP contribution in [0, 0.1) is 50.5 Å². The molecule has 17 heteroatoms. The molecule has 0 spiro atoms. The molecular formula is C56H59N2O14W-. The van der Waals surface area contributed by atoms with Crippen molar-refractivity contribution in [3.05, 3.63) is 115 Å². The molecule has 8 atom stereocenters. The molecule has 8 N–H and O–H groups in total. The summed E-state index contributed by atoms with van der Waals surface area (Å²) in [5, 5.41) is 92.7. The molecule has 4 aromatic carbocycles. The third kappa shape index (κ3) is 7.65. The molecule has 384 valence electrons. The number of aromatic hydroxyl groups is 2. The number of phenols is 2. The second-order valence-electron chi connectivity index (χ2n) is 20.6. The van der Waals surface area contributed by atoms with E-state index >= 15 is 0 Å². The zero-order valence-electron chi connectivity index (χ0n) is 41.1.